The Morgan fingerprint density at radius 2 is 1.95 bits per heavy atom. The van der Waals surface area contributed by atoms with Crippen LogP contribution in [0.1, 0.15) is 16.2 Å². The summed E-state index contributed by atoms with van der Waals surface area (Å²) in [6.45, 7) is 1.78. The molecule has 0 spiro atoms. The average Bonchev–Trinajstić information content (AvgIpc) is 3.08. The molecular formula is C15H11ClN2O3. The van der Waals surface area contributed by atoms with Crippen LogP contribution in [0.5, 0.6) is 0 Å². The number of anilines is 1. The van der Waals surface area contributed by atoms with Crippen molar-refractivity contribution in [3.8, 4) is 11.3 Å². The lowest BCUT2D eigenvalue weighted by molar-refractivity contribution is 0.102. The predicted molar refractivity (Wildman–Crippen MR) is 78.3 cm³/mol. The fourth-order valence-corrected chi connectivity index (χ4v) is 2.07. The number of hydrogen-bond donors (Lipinski definition) is 1. The Kier molecular flexibility index (Phi) is 3.50. The van der Waals surface area contributed by atoms with Crippen LogP contribution in [0.4, 0.5) is 5.69 Å². The van der Waals surface area contributed by atoms with Gasteiger partial charge in [0, 0.05) is 18.2 Å². The van der Waals surface area contributed by atoms with Gasteiger partial charge in [-0.25, -0.2) is 4.98 Å². The fraction of sp³-hybridized carbons (Fsp3) is 0.0667. The fourth-order valence-electron chi connectivity index (χ4n) is 1.87. The third-order valence-electron chi connectivity index (χ3n) is 2.92. The van der Waals surface area contributed by atoms with E-state index in [9.17, 15) is 4.79 Å². The molecule has 0 aliphatic heterocycles. The molecular weight excluding hydrogens is 292 g/mol. The molecule has 21 heavy (non-hydrogen) atoms. The van der Waals surface area contributed by atoms with E-state index in [-0.39, 0.29) is 11.1 Å². The monoisotopic (exact) mass is 302 g/mol. The SMILES string of the molecule is Cc1nc(-c2ccc(NC(=O)c3ccoc3Cl)cc2)co1. The number of carbonyl (C=O) groups excluding carboxylic acids is 1. The zero-order valence-electron chi connectivity index (χ0n) is 11.1. The molecule has 0 unspecified atom stereocenters. The van der Waals surface area contributed by atoms with Gasteiger partial charge in [0.15, 0.2) is 5.89 Å². The molecule has 1 aromatic carbocycles. The topological polar surface area (TPSA) is 68.3 Å². The third kappa shape index (κ3) is 2.83. The van der Waals surface area contributed by atoms with Gasteiger partial charge < -0.3 is 14.2 Å². The summed E-state index contributed by atoms with van der Waals surface area (Å²) in [5, 5.41) is 2.81. The molecule has 2 aromatic heterocycles. The van der Waals surface area contributed by atoms with Crippen LogP contribution in [0, 0.1) is 6.92 Å². The minimum atomic E-state index is -0.321. The number of amides is 1. The maximum absolute atomic E-state index is 12.0. The van der Waals surface area contributed by atoms with Crippen LogP contribution in [-0.4, -0.2) is 10.9 Å². The lowest BCUT2D eigenvalue weighted by Crippen LogP contribution is -2.11. The van der Waals surface area contributed by atoms with E-state index in [1.165, 1.54) is 12.3 Å². The Balaban J connectivity index is 1.76. The number of furan rings is 1. The molecule has 0 saturated carbocycles. The van der Waals surface area contributed by atoms with Crippen LogP contribution in [0.3, 0.4) is 0 Å². The minimum absolute atomic E-state index is 0.0715. The Morgan fingerprint density at radius 1 is 1.19 bits per heavy atom. The van der Waals surface area contributed by atoms with E-state index < -0.39 is 0 Å². The van der Waals surface area contributed by atoms with Gasteiger partial charge in [-0.2, -0.15) is 0 Å². The number of nitrogens with one attached hydrogen (secondary N) is 1. The van der Waals surface area contributed by atoms with Crippen molar-refractivity contribution in [3.63, 3.8) is 0 Å². The van der Waals surface area contributed by atoms with Crippen molar-refractivity contribution in [1.29, 1.82) is 0 Å². The lowest BCUT2D eigenvalue weighted by atomic mass is 10.1. The second kappa shape index (κ2) is 5.46. The van der Waals surface area contributed by atoms with E-state index >= 15 is 0 Å². The molecule has 1 amide bonds. The van der Waals surface area contributed by atoms with Gasteiger partial charge in [-0.15, -0.1) is 0 Å². The molecule has 0 aliphatic rings. The summed E-state index contributed by atoms with van der Waals surface area (Å²) < 4.78 is 10.1. The van der Waals surface area contributed by atoms with E-state index in [0.717, 1.165) is 11.3 Å². The maximum atomic E-state index is 12.0. The zero-order chi connectivity index (χ0) is 14.8. The van der Waals surface area contributed by atoms with E-state index in [1.807, 2.05) is 12.1 Å². The lowest BCUT2D eigenvalue weighted by Gasteiger charge is -2.04. The van der Waals surface area contributed by atoms with Crippen molar-refractivity contribution in [2.45, 2.75) is 6.92 Å². The number of halogens is 1. The van der Waals surface area contributed by atoms with E-state index in [4.69, 9.17) is 20.4 Å². The number of hydrogen-bond acceptors (Lipinski definition) is 4. The van der Waals surface area contributed by atoms with Crippen LogP contribution in [-0.2, 0) is 0 Å². The second-order valence-electron chi connectivity index (χ2n) is 4.39. The molecule has 3 rings (SSSR count). The molecule has 0 fully saturated rings. The van der Waals surface area contributed by atoms with Gasteiger partial charge in [0.1, 0.15) is 12.0 Å². The van der Waals surface area contributed by atoms with Gasteiger partial charge in [0.2, 0.25) is 5.22 Å². The van der Waals surface area contributed by atoms with Crippen molar-refractivity contribution >= 4 is 23.2 Å². The molecule has 6 heteroatoms. The number of aryl methyl sites for hydroxylation is 1. The molecule has 0 atom stereocenters. The first-order chi connectivity index (χ1) is 10.1. The molecule has 0 radical (unpaired) electrons. The molecule has 106 valence electrons. The first-order valence-corrected chi connectivity index (χ1v) is 6.58. The van der Waals surface area contributed by atoms with E-state index in [2.05, 4.69) is 10.3 Å². The number of aromatic nitrogens is 1. The first-order valence-electron chi connectivity index (χ1n) is 6.20. The Hall–Kier alpha value is -2.53. The van der Waals surface area contributed by atoms with Crippen LogP contribution >= 0.6 is 11.6 Å². The molecule has 0 bridgehead atoms. The van der Waals surface area contributed by atoms with Gasteiger partial charge in [-0.3, -0.25) is 4.79 Å². The van der Waals surface area contributed by atoms with Crippen molar-refractivity contribution < 1.29 is 13.6 Å². The van der Waals surface area contributed by atoms with Gasteiger partial charge in [-0.1, -0.05) is 12.1 Å². The molecule has 2 heterocycles. The normalized spacial score (nSPS) is 10.6. The second-order valence-corrected chi connectivity index (χ2v) is 4.73. The quantitative estimate of drug-likeness (QED) is 0.789. The molecule has 5 nitrogen and oxygen atoms in total. The van der Waals surface area contributed by atoms with Crippen molar-refractivity contribution in [3.05, 3.63) is 59.5 Å². The molecule has 0 aliphatic carbocycles. The zero-order valence-corrected chi connectivity index (χ0v) is 11.8. The highest BCUT2D eigenvalue weighted by molar-refractivity contribution is 6.32. The summed E-state index contributed by atoms with van der Waals surface area (Å²) in [4.78, 5) is 16.2. The number of oxazole rings is 1. The Bertz CT molecular complexity index is 774. The van der Waals surface area contributed by atoms with Gasteiger partial charge in [0.25, 0.3) is 5.91 Å². The largest absolute Gasteiger partial charge is 0.452 e. The predicted octanol–water partition coefficient (Wildman–Crippen LogP) is 4.15. The number of rotatable bonds is 3. The molecule has 0 saturated heterocycles. The van der Waals surface area contributed by atoms with Gasteiger partial charge >= 0.3 is 0 Å². The summed E-state index contributed by atoms with van der Waals surface area (Å²) in [6.07, 6.45) is 2.96. The van der Waals surface area contributed by atoms with Crippen LogP contribution in [0.15, 0.2) is 51.7 Å². The number of benzene rings is 1. The van der Waals surface area contributed by atoms with E-state index in [0.29, 0.717) is 17.1 Å². The summed E-state index contributed by atoms with van der Waals surface area (Å²) in [7, 11) is 0. The summed E-state index contributed by atoms with van der Waals surface area (Å²) >= 11 is 5.76. The number of carbonyl (C=O) groups is 1. The molecule has 3 aromatic rings. The van der Waals surface area contributed by atoms with Gasteiger partial charge in [-0.05, 0) is 29.8 Å². The third-order valence-corrected chi connectivity index (χ3v) is 3.21. The van der Waals surface area contributed by atoms with Crippen molar-refractivity contribution in [1.82, 2.24) is 4.98 Å². The van der Waals surface area contributed by atoms with Crippen molar-refractivity contribution in [2.24, 2.45) is 0 Å². The summed E-state index contributed by atoms with van der Waals surface area (Å²) in [6, 6.07) is 8.79. The Labute approximate surface area is 125 Å². The van der Waals surface area contributed by atoms with E-state index in [1.54, 1.807) is 25.3 Å². The highest BCUT2D eigenvalue weighted by Crippen LogP contribution is 2.22. The van der Waals surface area contributed by atoms with Crippen LogP contribution in [0.2, 0.25) is 5.22 Å². The highest BCUT2D eigenvalue weighted by Gasteiger charge is 2.13. The van der Waals surface area contributed by atoms with Crippen LogP contribution in [0.25, 0.3) is 11.3 Å². The summed E-state index contributed by atoms with van der Waals surface area (Å²) in [5.74, 6) is 0.288. The summed E-state index contributed by atoms with van der Waals surface area (Å²) in [5.41, 5.74) is 2.61. The first kappa shape index (κ1) is 13.5. The minimum Gasteiger partial charge on any atom is -0.452 e. The Morgan fingerprint density at radius 3 is 2.52 bits per heavy atom. The van der Waals surface area contributed by atoms with Crippen molar-refractivity contribution in [2.75, 3.05) is 5.32 Å². The van der Waals surface area contributed by atoms with Gasteiger partial charge in [0.05, 0.1) is 11.8 Å². The highest BCUT2D eigenvalue weighted by atomic mass is 35.5. The number of nitrogens with zero attached hydrogens (tertiary/aromatic N) is 1. The standard InChI is InChI=1S/C15H11ClN2O3/c1-9-17-13(8-21-9)10-2-4-11(5-3-10)18-15(19)12-6-7-20-14(12)16/h2-8H,1H3,(H,18,19). The molecule has 1 N–H and O–H groups in total. The smallest absolute Gasteiger partial charge is 0.260 e. The average molecular weight is 303 g/mol. The maximum Gasteiger partial charge on any atom is 0.260 e. The van der Waals surface area contributed by atoms with Crippen LogP contribution < -0.4 is 5.32 Å².